The first-order chi connectivity index (χ1) is 10.4. The SMILES string of the molecule is C[C@]12CC[C@H]3[C@@H](CCC4=C(Cl)C(O)CC[C@@]43C)[C@@H]1CC[C@@H]2O. The van der Waals surface area contributed by atoms with Crippen LogP contribution < -0.4 is 0 Å². The van der Waals surface area contributed by atoms with Crippen LogP contribution in [0.2, 0.25) is 0 Å². The molecule has 0 aromatic rings. The van der Waals surface area contributed by atoms with Crippen molar-refractivity contribution in [2.24, 2.45) is 28.6 Å². The molecular formula is C19H29ClO2. The molecule has 0 bridgehead atoms. The topological polar surface area (TPSA) is 40.5 Å². The molecule has 0 saturated heterocycles. The number of hydrogen-bond donors (Lipinski definition) is 2. The second-order valence-corrected chi connectivity index (χ2v) is 9.26. The fraction of sp³-hybridized carbons (Fsp3) is 0.895. The molecule has 2 N–H and O–H groups in total. The second kappa shape index (κ2) is 4.97. The third-order valence-corrected chi connectivity index (χ3v) is 8.62. The van der Waals surface area contributed by atoms with Crippen molar-refractivity contribution < 1.29 is 10.2 Å². The van der Waals surface area contributed by atoms with E-state index in [-0.39, 0.29) is 16.9 Å². The van der Waals surface area contributed by atoms with Crippen molar-refractivity contribution in [3.05, 3.63) is 10.6 Å². The molecule has 0 aromatic heterocycles. The van der Waals surface area contributed by atoms with E-state index >= 15 is 0 Å². The lowest BCUT2D eigenvalue weighted by Gasteiger charge is -2.58. The van der Waals surface area contributed by atoms with Gasteiger partial charge in [-0.3, -0.25) is 0 Å². The molecule has 0 heterocycles. The molecular weight excluding hydrogens is 296 g/mol. The van der Waals surface area contributed by atoms with Crippen molar-refractivity contribution >= 4 is 11.6 Å². The van der Waals surface area contributed by atoms with E-state index < -0.39 is 6.10 Å². The van der Waals surface area contributed by atoms with Gasteiger partial charge in [-0.1, -0.05) is 25.4 Å². The van der Waals surface area contributed by atoms with Crippen LogP contribution in [0.5, 0.6) is 0 Å². The minimum absolute atomic E-state index is 0.0973. The molecule has 0 radical (unpaired) electrons. The van der Waals surface area contributed by atoms with Gasteiger partial charge in [0.05, 0.1) is 12.2 Å². The monoisotopic (exact) mass is 324 g/mol. The maximum atomic E-state index is 10.5. The van der Waals surface area contributed by atoms with Gasteiger partial charge >= 0.3 is 0 Å². The van der Waals surface area contributed by atoms with Gasteiger partial charge in [-0.15, -0.1) is 0 Å². The van der Waals surface area contributed by atoms with Crippen LogP contribution in [0.1, 0.15) is 65.2 Å². The molecule has 0 aromatic carbocycles. The average Bonchev–Trinajstić information content (AvgIpc) is 2.79. The Balaban J connectivity index is 1.70. The van der Waals surface area contributed by atoms with Crippen LogP contribution in [-0.2, 0) is 0 Å². The number of allylic oxidation sites excluding steroid dienone is 1. The van der Waals surface area contributed by atoms with Gasteiger partial charge in [-0.05, 0) is 85.5 Å². The van der Waals surface area contributed by atoms with Gasteiger partial charge < -0.3 is 10.2 Å². The van der Waals surface area contributed by atoms with E-state index in [0.717, 1.165) is 43.1 Å². The summed E-state index contributed by atoms with van der Waals surface area (Å²) in [4.78, 5) is 0. The number of aliphatic hydroxyl groups excluding tert-OH is 2. The van der Waals surface area contributed by atoms with Crippen LogP contribution >= 0.6 is 11.6 Å². The van der Waals surface area contributed by atoms with Crippen LogP contribution in [0.25, 0.3) is 0 Å². The molecule has 0 aliphatic heterocycles. The van der Waals surface area contributed by atoms with E-state index in [0.29, 0.717) is 11.8 Å². The summed E-state index contributed by atoms with van der Waals surface area (Å²) in [5.74, 6) is 2.12. The zero-order valence-electron chi connectivity index (χ0n) is 13.8. The van der Waals surface area contributed by atoms with Gasteiger partial charge in [0.2, 0.25) is 0 Å². The lowest BCUT2D eigenvalue weighted by molar-refractivity contribution is -0.0765. The Hall–Kier alpha value is -0.0500. The molecule has 3 heteroatoms. The molecule has 7 atom stereocenters. The summed E-state index contributed by atoms with van der Waals surface area (Å²) in [5.41, 5.74) is 1.70. The summed E-state index contributed by atoms with van der Waals surface area (Å²) in [6.45, 7) is 4.73. The summed E-state index contributed by atoms with van der Waals surface area (Å²) in [5, 5.41) is 21.4. The van der Waals surface area contributed by atoms with E-state index in [4.69, 9.17) is 11.6 Å². The van der Waals surface area contributed by atoms with Crippen LogP contribution in [0.15, 0.2) is 10.6 Å². The average molecular weight is 325 g/mol. The van der Waals surface area contributed by atoms with E-state index in [1.165, 1.54) is 24.8 Å². The Morgan fingerprint density at radius 2 is 1.73 bits per heavy atom. The predicted octanol–water partition coefficient (Wildman–Crippen LogP) is 4.24. The highest BCUT2D eigenvalue weighted by molar-refractivity contribution is 6.30. The third-order valence-electron chi connectivity index (χ3n) is 8.14. The van der Waals surface area contributed by atoms with Crippen molar-refractivity contribution in [3.8, 4) is 0 Å². The molecule has 2 nitrogen and oxygen atoms in total. The van der Waals surface area contributed by atoms with E-state index in [9.17, 15) is 10.2 Å². The first-order valence-corrected chi connectivity index (χ1v) is 9.51. The molecule has 124 valence electrons. The van der Waals surface area contributed by atoms with Gasteiger partial charge in [0, 0.05) is 5.03 Å². The van der Waals surface area contributed by atoms with Crippen LogP contribution in [0, 0.1) is 28.6 Å². The third kappa shape index (κ3) is 1.87. The highest BCUT2D eigenvalue weighted by Crippen LogP contribution is 2.66. The zero-order chi connectivity index (χ0) is 15.7. The van der Waals surface area contributed by atoms with E-state index in [1.54, 1.807) is 0 Å². The van der Waals surface area contributed by atoms with Crippen molar-refractivity contribution in [2.45, 2.75) is 77.4 Å². The number of rotatable bonds is 0. The number of fused-ring (bicyclic) bond motifs is 5. The van der Waals surface area contributed by atoms with E-state index in [2.05, 4.69) is 13.8 Å². The quantitative estimate of drug-likeness (QED) is 0.699. The number of halogens is 1. The molecule has 3 saturated carbocycles. The normalized spacial score (nSPS) is 54.7. The molecule has 4 rings (SSSR count). The summed E-state index contributed by atoms with van der Waals surface area (Å²) < 4.78 is 0. The molecule has 1 unspecified atom stereocenters. The summed E-state index contributed by atoms with van der Waals surface area (Å²) in [6, 6.07) is 0. The minimum Gasteiger partial charge on any atom is -0.393 e. The smallest absolute Gasteiger partial charge is 0.0895 e. The maximum Gasteiger partial charge on any atom is 0.0895 e. The summed E-state index contributed by atoms with van der Waals surface area (Å²) in [6.07, 6.45) is 8.18. The first kappa shape index (κ1) is 15.5. The highest BCUT2D eigenvalue weighted by atomic mass is 35.5. The van der Waals surface area contributed by atoms with Gasteiger partial charge in [0.25, 0.3) is 0 Å². The fourth-order valence-corrected chi connectivity index (χ4v) is 7.19. The highest BCUT2D eigenvalue weighted by Gasteiger charge is 2.59. The molecule has 0 spiro atoms. The number of aliphatic hydroxyl groups is 2. The zero-order valence-corrected chi connectivity index (χ0v) is 14.6. The Labute approximate surface area is 138 Å². The van der Waals surface area contributed by atoms with Gasteiger partial charge in [-0.2, -0.15) is 0 Å². The van der Waals surface area contributed by atoms with Crippen LogP contribution in [0.4, 0.5) is 0 Å². The Morgan fingerprint density at radius 3 is 2.50 bits per heavy atom. The lowest BCUT2D eigenvalue weighted by Crippen LogP contribution is -2.51. The molecule has 3 fully saturated rings. The van der Waals surface area contributed by atoms with Crippen molar-refractivity contribution in [1.29, 1.82) is 0 Å². The Bertz CT molecular complexity index is 516. The molecule has 4 aliphatic rings. The first-order valence-electron chi connectivity index (χ1n) is 9.13. The summed E-state index contributed by atoms with van der Waals surface area (Å²) >= 11 is 6.51. The van der Waals surface area contributed by atoms with E-state index in [1.807, 2.05) is 0 Å². The van der Waals surface area contributed by atoms with Gasteiger partial charge in [0.15, 0.2) is 0 Å². The molecule has 4 aliphatic carbocycles. The van der Waals surface area contributed by atoms with Crippen molar-refractivity contribution in [2.75, 3.05) is 0 Å². The minimum atomic E-state index is -0.427. The van der Waals surface area contributed by atoms with Crippen molar-refractivity contribution in [3.63, 3.8) is 0 Å². The lowest BCUT2D eigenvalue weighted by atomic mass is 9.47. The fourth-order valence-electron chi connectivity index (χ4n) is 6.77. The molecule has 22 heavy (non-hydrogen) atoms. The predicted molar refractivity (Wildman–Crippen MR) is 88.5 cm³/mol. The maximum absolute atomic E-state index is 10.5. The second-order valence-electron chi connectivity index (χ2n) is 8.85. The summed E-state index contributed by atoms with van der Waals surface area (Å²) in [7, 11) is 0. The Morgan fingerprint density at radius 1 is 0.955 bits per heavy atom. The van der Waals surface area contributed by atoms with Crippen molar-refractivity contribution in [1.82, 2.24) is 0 Å². The van der Waals surface area contributed by atoms with Gasteiger partial charge in [0.1, 0.15) is 0 Å². The standard InChI is InChI=1S/C19H29ClO2/c1-18-10-8-15(21)17(20)14(18)4-3-11-12-5-6-16(22)19(12,2)9-7-13(11)18/h11-13,15-16,21-22H,3-10H2,1-2H3/t11-,12-,13-,15?,16-,18+,19-/m0/s1. The number of hydrogen-bond acceptors (Lipinski definition) is 2. The van der Waals surface area contributed by atoms with Crippen LogP contribution in [0.3, 0.4) is 0 Å². The largest absolute Gasteiger partial charge is 0.393 e. The molecule has 0 amide bonds. The Kier molecular flexibility index (Phi) is 3.50. The van der Waals surface area contributed by atoms with Crippen LogP contribution in [-0.4, -0.2) is 22.4 Å². The van der Waals surface area contributed by atoms with Gasteiger partial charge in [-0.25, -0.2) is 0 Å².